The van der Waals surface area contributed by atoms with Gasteiger partial charge in [-0.2, -0.15) is 0 Å². The maximum Gasteiger partial charge on any atom is 0.133 e. The van der Waals surface area contributed by atoms with Crippen molar-refractivity contribution in [1.29, 1.82) is 0 Å². The van der Waals surface area contributed by atoms with Gasteiger partial charge in [0.15, 0.2) is 0 Å². The third kappa shape index (κ3) is 4.29. The smallest absolute Gasteiger partial charge is 0.133 e. The average molecular weight is 635 g/mol. The number of rotatable bonds is 4. The number of aliphatic imine (C=N–C) groups is 1. The van der Waals surface area contributed by atoms with E-state index in [-0.39, 0.29) is 12.3 Å². The summed E-state index contributed by atoms with van der Waals surface area (Å²) in [6.45, 7) is 0. The van der Waals surface area contributed by atoms with Crippen LogP contribution in [0.1, 0.15) is 29.0 Å². The monoisotopic (exact) mass is 634 g/mol. The molecule has 0 saturated heterocycles. The Hall–Kier alpha value is -5.75. The Morgan fingerprint density at radius 2 is 1.27 bits per heavy atom. The van der Waals surface area contributed by atoms with Crippen molar-refractivity contribution in [1.82, 2.24) is 15.2 Å². The minimum absolute atomic E-state index is 0.100. The molecular formula is C43H30N4S. The van der Waals surface area contributed by atoms with E-state index >= 15 is 0 Å². The lowest BCUT2D eigenvalue weighted by molar-refractivity contribution is 0.409. The van der Waals surface area contributed by atoms with Crippen molar-refractivity contribution < 1.29 is 0 Å². The first-order valence-electron chi connectivity index (χ1n) is 16.4. The molecule has 9 aromatic rings. The number of para-hydroxylation sites is 1. The summed E-state index contributed by atoms with van der Waals surface area (Å²) in [5, 5.41) is 15.1. The number of aromatic nitrogens is 1. The summed E-state index contributed by atoms with van der Waals surface area (Å²) >= 11 is 1.83. The van der Waals surface area contributed by atoms with Gasteiger partial charge in [0.2, 0.25) is 0 Å². The Balaban J connectivity index is 1.11. The maximum absolute atomic E-state index is 5.35. The highest BCUT2D eigenvalue weighted by Crippen LogP contribution is 2.39. The van der Waals surface area contributed by atoms with Gasteiger partial charge < -0.3 is 9.88 Å². The Morgan fingerprint density at radius 1 is 0.542 bits per heavy atom. The van der Waals surface area contributed by atoms with E-state index in [1.807, 2.05) is 11.3 Å². The first-order chi connectivity index (χ1) is 23.8. The van der Waals surface area contributed by atoms with Crippen molar-refractivity contribution in [3.63, 3.8) is 0 Å². The molecule has 0 fully saturated rings. The highest BCUT2D eigenvalue weighted by Gasteiger charge is 2.27. The molecule has 1 aliphatic rings. The standard InChI is InChI=1S/C43H30N4S/c1-2-12-28(13-3-1)41-44-42(46-43(45-41)36-18-10-17-35-33-16-7-9-20-38(33)48-40(35)36)29-21-24-30(25-22-29)47-37-19-8-6-15-32(37)34-26-23-27-11-4-5-14-31(27)39(34)47/h1-26,41-42,44H,(H,45,46). The number of thiophene rings is 1. The molecular weight excluding hydrogens is 605 g/mol. The first-order valence-corrected chi connectivity index (χ1v) is 17.2. The van der Waals surface area contributed by atoms with E-state index in [0.717, 1.165) is 22.6 Å². The van der Waals surface area contributed by atoms with Crippen molar-refractivity contribution in [2.24, 2.45) is 4.99 Å². The van der Waals surface area contributed by atoms with E-state index in [9.17, 15) is 0 Å². The lowest BCUT2D eigenvalue weighted by atomic mass is 10.0. The van der Waals surface area contributed by atoms with Gasteiger partial charge in [-0.15, -0.1) is 11.3 Å². The molecule has 0 amide bonds. The summed E-state index contributed by atoms with van der Waals surface area (Å²) in [7, 11) is 0. The third-order valence-corrected chi connectivity index (χ3v) is 10.9. The van der Waals surface area contributed by atoms with Crippen LogP contribution in [0.2, 0.25) is 0 Å². The Kier molecular flexibility index (Phi) is 6.22. The molecule has 0 saturated carbocycles. The molecule has 3 heterocycles. The molecule has 0 aliphatic carbocycles. The second-order valence-electron chi connectivity index (χ2n) is 12.4. The predicted molar refractivity (Wildman–Crippen MR) is 202 cm³/mol. The summed E-state index contributed by atoms with van der Waals surface area (Å²) in [4.78, 5) is 5.35. The Bertz CT molecular complexity index is 2680. The van der Waals surface area contributed by atoms with Crippen LogP contribution in [0.3, 0.4) is 0 Å². The molecule has 0 radical (unpaired) electrons. The zero-order valence-electron chi connectivity index (χ0n) is 26.0. The predicted octanol–water partition coefficient (Wildman–Crippen LogP) is 10.6. The summed E-state index contributed by atoms with van der Waals surface area (Å²) in [5.74, 6) is 0.905. The van der Waals surface area contributed by atoms with Gasteiger partial charge in [0, 0.05) is 47.6 Å². The lowest BCUT2D eigenvalue weighted by Gasteiger charge is -2.32. The first kappa shape index (κ1) is 27.4. The van der Waals surface area contributed by atoms with Gasteiger partial charge in [-0.25, -0.2) is 4.99 Å². The van der Waals surface area contributed by atoms with E-state index in [1.165, 1.54) is 58.3 Å². The highest BCUT2D eigenvalue weighted by molar-refractivity contribution is 7.26. The Labute approximate surface area is 281 Å². The zero-order chi connectivity index (χ0) is 31.6. The fraction of sp³-hybridized carbons (Fsp3) is 0.0465. The summed E-state index contributed by atoms with van der Waals surface area (Å²) in [5.41, 5.74) is 7.00. The van der Waals surface area contributed by atoms with Crippen molar-refractivity contribution in [3.8, 4) is 5.69 Å². The quantitative estimate of drug-likeness (QED) is 0.202. The second-order valence-corrected chi connectivity index (χ2v) is 13.5. The van der Waals surface area contributed by atoms with E-state index in [2.05, 4.69) is 173 Å². The number of nitrogens with zero attached hydrogens (tertiary/aromatic N) is 2. The molecule has 5 heteroatoms. The number of nitrogens with one attached hydrogen (secondary N) is 2. The SMILES string of the molecule is c1ccc(C2NC(c3cccc4c3sc3ccccc34)=NC(c3ccc(-n4c5ccccc5c5ccc6ccccc6c54)cc3)N2)cc1. The fourth-order valence-corrected chi connectivity index (χ4v) is 8.64. The number of benzene rings is 7. The fourth-order valence-electron chi connectivity index (χ4n) is 7.42. The minimum Gasteiger partial charge on any atom is -0.350 e. The molecule has 2 atom stereocenters. The topological polar surface area (TPSA) is 41.4 Å². The lowest BCUT2D eigenvalue weighted by Crippen LogP contribution is -2.44. The van der Waals surface area contributed by atoms with Crippen molar-refractivity contribution in [2.45, 2.75) is 12.3 Å². The molecule has 48 heavy (non-hydrogen) atoms. The molecule has 2 aromatic heterocycles. The second kappa shape index (κ2) is 10.9. The molecule has 10 rings (SSSR count). The summed E-state index contributed by atoms with van der Waals surface area (Å²) in [6, 6.07) is 56.6. The van der Waals surface area contributed by atoms with Gasteiger partial charge in [-0.3, -0.25) is 5.32 Å². The molecule has 2 unspecified atom stereocenters. The number of fused-ring (bicyclic) bond motifs is 8. The number of hydrogen-bond donors (Lipinski definition) is 2. The van der Waals surface area contributed by atoms with Crippen molar-refractivity contribution in [3.05, 3.63) is 174 Å². The molecule has 2 N–H and O–H groups in total. The molecule has 0 spiro atoms. The van der Waals surface area contributed by atoms with Crippen LogP contribution < -0.4 is 10.6 Å². The van der Waals surface area contributed by atoms with E-state index < -0.39 is 0 Å². The van der Waals surface area contributed by atoms with Crippen LogP contribution in [-0.4, -0.2) is 10.4 Å². The van der Waals surface area contributed by atoms with Crippen LogP contribution in [-0.2, 0) is 0 Å². The summed E-state index contributed by atoms with van der Waals surface area (Å²) < 4.78 is 4.96. The molecule has 7 aromatic carbocycles. The van der Waals surface area contributed by atoms with Crippen LogP contribution in [0.5, 0.6) is 0 Å². The van der Waals surface area contributed by atoms with Crippen LogP contribution in [0, 0.1) is 0 Å². The van der Waals surface area contributed by atoms with Crippen molar-refractivity contribution >= 4 is 69.9 Å². The van der Waals surface area contributed by atoms with Gasteiger partial charge >= 0.3 is 0 Å². The molecule has 4 nitrogen and oxygen atoms in total. The van der Waals surface area contributed by atoms with Crippen LogP contribution >= 0.6 is 11.3 Å². The van der Waals surface area contributed by atoms with Crippen molar-refractivity contribution in [2.75, 3.05) is 0 Å². The van der Waals surface area contributed by atoms with Gasteiger partial charge in [0.1, 0.15) is 18.2 Å². The maximum atomic E-state index is 5.35. The molecule has 0 bridgehead atoms. The largest absolute Gasteiger partial charge is 0.350 e. The third-order valence-electron chi connectivity index (χ3n) is 9.68. The summed E-state index contributed by atoms with van der Waals surface area (Å²) in [6.07, 6.45) is -0.333. The molecule has 228 valence electrons. The molecule has 1 aliphatic heterocycles. The van der Waals surface area contributed by atoms with Gasteiger partial charge in [0.05, 0.1) is 11.0 Å². The van der Waals surface area contributed by atoms with Crippen LogP contribution in [0.15, 0.2) is 163 Å². The van der Waals surface area contributed by atoms with Crippen LogP contribution in [0.25, 0.3) is 58.4 Å². The van der Waals surface area contributed by atoms with Gasteiger partial charge in [-0.05, 0) is 46.8 Å². The Morgan fingerprint density at radius 3 is 2.15 bits per heavy atom. The van der Waals surface area contributed by atoms with Crippen LogP contribution in [0.4, 0.5) is 0 Å². The highest BCUT2D eigenvalue weighted by atomic mass is 32.1. The van der Waals surface area contributed by atoms with Gasteiger partial charge in [0.25, 0.3) is 0 Å². The van der Waals surface area contributed by atoms with Gasteiger partial charge in [-0.1, -0.05) is 127 Å². The van der Waals surface area contributed by atoms with E-state index in [4.69, 9.17) is 4.99 Å². The zero-order valence-corrected chi connectivity index (χ0v) is 26.8. The van der Waals surface area contributed by atoms with E-state index in [0.29, 0.717) is 0 Å². The van der Waals surface area contributed by atoms with E-state index in [1.54, 1.807) is 0 Å². The average Bonchev–Trinajstić information content (AvgIpc) is 3.71. The minimum atomic E-state index is -0.232. The number of amidine groups is 1. The normalized spacial score (nSPS) is 16.5. The number of hydrogen-bond acceptors (Lipinski definition) is 4.